The lowest BCUT2D eigenvalue weighted by Crippen LogP contribution is -2.52. The van der Waals surface area contributed by atoms with Crippen LogP contribution in [-0.4, -0.2) is 43.5 Å². The number of amides is 2. The number of hydrogen-bond acceptors (Lipinski definition) is 4. The fourth-order valence-corrected chi connectivity index (χ4v) is 5.01. The van der Waals surface area contributed by atoms with Crippen LogP contribution < -0.4 is 10.3 Å². The number of benzene rings is 2. The summed E-state index contributed by atoms with van der Waals surface area (Å²) in [6.07, 6.45) is 0.912. The van der Waals surface area contributed by atoms with Gasteiger partial charge in [-0.25, -0.2) is 12.8 Å². The van der Waals surface area contributed by atoms with E-state index in [1.54, 1.807) is 26.8 Å². The Balaban J connectivity index is 1.74. The van der Waals surface area contributed by atoms with Crippen molar-refractivity contribution < 1.29 is 22.4 Å². The van der Waals surface area contributed by atoms with Crippen LogP contribution in [0.1, 0.15) is 42.6 Å². The van der Waals surface area contributed by atoms with Gasteiger partial charge in [0.2, 0.25) is 15.9 Å². The van der Waals surface area contributed by atoms with E-state index in [2.05, 4.69) is 10.3 Å². The maximum absolute atomic E-state index is 14.7. The van der Waals surface area contributed by atoms with Gasteiger partial charge in [0.25, 0.3) is 5.91 Å². The molecule has 0 aromatic heterocycles. The van der Waals surface area contributed by atoms with Crippen LogP contribution in [0.15, 0.2) is 42.5 Å². The minimum Gasteiger partial charge on any atom is -0.341 e. The maximum Gasteiger partial charge on any atom is 0.269 e. The summed E-state index contributed by atoms with van der Waals surface area (Å²) in [5.74, 6) is -1.94. The van der Waals surface area contributed by atoms with Crippen molar-refractivity contribution in [2.24, 2.45) is 5.92 Å². The van der Waals surface area contributed by atoms with Gasteiger partial charge in [0, 0.05) is 19.0 Å². The number of carbonyl (C=O) groups excluding carboxylic acids is 2. The van der Waals surface area contributed by atoms with Gasteiger partial charge in [0.05, 0.1) is 10.8 Å². The molecule has 2 N–H and O–H groups in total. The second kappa shape index (κ2) is 9.79. The third-order valence-electron chi connectivity index (χ3n) is 5.54. The summed E-state index contributed by atoms with van der Waals surface area (Å²) in [6, 6.07) is 12.2. The number of sulfonamides is 1. The van der Waals surface area contributed by atoms with Gasteiger partial charge in [-0.1, -0.05) is 44.2 Å². The highest BCUT2D eigenvalue weighted by atomic mass is 32.2. The molecule has 3 rings (SSSR count). The van der Waals surface area contributed by atoms with Crippen molar-refractivity contribution in [2.75, 3.05) is 13.1 Å². The van der Waals surface area contributed by atoms with Crippen LogP contribution in [0, 0.1) is 18.7 Å². The van der Waals surface area contributed by atoms with Crippen molar-refractivity contribution in [3.05, 3.63) is 59.4 Å². The number of nitrogens with one attached hydrogen (secondary N) is 2. The first-order valence-corrected chi connectivity index (χ1v) is 12.1. The number of piperidine rings is 1. The summed E-state index contributed by atoms with van der Waals surface area (Å²) < 4.78 is 40.1. The molecule has 2 amide bonds. The SMILES string of the molecule is Cc1cc(-c2ccccc2)cc(C(=O)NNS(=O)(=O)C2CCCN(C(=O)C(C)C)C2)c1F. The molecule has 0 spiro atoms. The van der Waals surface area contributed by atoms with Crippen molar-refractivity contribution in [1.82, 2.24) is 15.2 Å². The lowest BCUT2D eigenvalue weighted by Gasteiger charge is -2.33. The fourth-order valence-electron chi connectivity index (χ4n) is 3.76. The lowest BCUT2D eigenvalue weighted by molar-refractivity contribution is -0.135. The highest BCUT2D eigenvalue weighted by molar-refractivity contribution is 7.90. The Morgan fingerprint density at radius 2 is 1.81 bits per heavy atom. The molecule has 32 heavy (non-hydrogen) atoms. The van der Waals surface area contributed by atoms with Crippen molar-refractivity contribution in [3.8, 4) is 11.1 Å². The van der Waals surface area contributed by atoms with Crippen molar-refractivity contribution in [2.45, 2.75) is 38.9 Å². The zero-order valence-corrected chi connectivity index (χ0v) is 19.2. The van der Waals surface area contributed by atoms with Crippen molar-refractivity contribution in [3.63, 3.8) is 0 Å². The zero-order chi connectivity index (χ0) is 23.5. The molecule has 0 radical (unpaired) electrons. The second-order valence-corrected chi connectivity index (χ2v) is 10.3. The summed E-state index contributed by atoms with van der Waals surface area (Å²) in [7, 11) is -3.96. The van der Waals surface area contributed by atoms with Gasteiger partial charge in [0.15, 0.2) is 0 Å². The molecule has 1 aliphatic rings. The smallest absolute Gasteiger partial charge is 0.269 e. The number of nitrogens with zero attached hydrogens (tertiary/aromatic N) is 1. The van der Waals surface area contributed by atoms with Crippen LogP contribution in [0.2, 0.25) is 0 Å². The second-order valence-electron chi connectivity index (χ2n) is 8.33. The molecule has 0 aliphatic carbocycles. The van der Waals surface area contributed by atoms with Crippen LogP contribution in [0.25, 0.3) is 11.1 Å². The van der Waals surface area contributed by atoms with Crippen LogP contribution in [0.3, 0.4) is 0 Å². The third kappa shape index (κ3) is 5.34. The molecule has 1 saturated heterocycles. The number of likely N-dealkylation sites (tertiary alicyclic amines) is 1. The normalized spacial score (nSPS) is 16.8. The number of rotatable bonds is 6. The average molecular weight is 462 g/mol. The summed E-state index contributed by atoms with van der Waals surface area (Å²) >= 11 is 0. The largest absolute Gasteiger partial charge is 0.341 e. The zero-order valence-electron chi connectivity index (χ0n) is 18.4. The molecular formula is C23H28FN3O4S. The number of aryl methyl sites for hydroxylation is 1. The summed E-state index contributed by atoms with van der Waals surface area (Å²) in [5, 5.41) is -0.860. The first kappa shape index (κ1) is 23.9. The van der Waals surface area contributed by atoms with Gasteiger partial charge in [-0.3, -0.25) is 15.0 Å². The third-order valence-corrected chi connectivity index (χ3v) is 7.18. The highest BCUT2D eigenvalue weighted by Crippen LogP contribution is 2.25. The van der Waals surface area contributed by atoms with Crippen LogP contribution in [0.5, 0.6) is 0 Å². The number of hydrogen-bond donors (Lipinski definition) is 2. The summed E-state index contributed by atoms with van der Waals surface area (Å²) in [5.41, 5.74) is 3.60. The van der Waals surface area contributed by atoms with Crippen molar-refractivity contribution >= 4 is 21.8 Å². The molecule has 0 bridgehead atoms. The van der Waals surface area contributed by atoms with E-state index < -0.39 is 27.0 Å². The van der Waals surface area contributed by atoms with E-state index in [0.717, 1.165) is 5.56 Å². The Morgan fingerprint density at radius 1 is 1.12 bits per heavy atom. The molecule has 2 aromatic rings. The quantitative estimate of drug-likeness (QED) is 0.647. The Hall–Kier alpha value is -2.78. The van der Waals surface area contributed by atoms with E-state index in [9.17, 15) is 22.4 Å². The average Bonchev–Trinajstić information content (AvgIpc) is 2.79. The van der Waals surface area contributed by atoms with E-state index in [4.69, 9.17) is 0 Å². The minimum atomic E-state index is -3.96. The molecule has 1 heterocycles. The molecule has 1 unspecified atom stereocenters. The lowest BCUT2D eigenvalue weighted by atomic mass is 9.99. The monoisotopic (exact) mass is 461 g/mol. The molecule has 0 saturated carbocycles. The Labute approximate surface area is 188 Å². The standard InChI is InChI=1S/C23H28FN3O4S/c1-15(2)23(29)27-11-7-10-19(14-27)32(30,31)26-25-22(28)20-13-18(12-16(3)21(20)24)17-8-5-4-6-9-17/h4-6,8-9,12-13,15,19,26H,7,10-11,14H2,1-3H3,(H,25,28). The predicted molar refractivity (Wildman–Crippen MR) is 121 cm³/mol. The summed E-state index contributed by atoms with van der Waals surface area (Å²) in [4.78, 5) is 28.5. The van der Waals surface area contributed by atoms with E-state index in [-0.39, 0.29) is 29.5 Å². The van der Waals surface area contributed by atoms with Crippen LogP contribution in [0.4, 0.5) is 4.39 Å². The Kier molecular flexibility index (Phi) is 7.30. The molecule has 9 heteroatoms. The van der Waals surface area contributed by atoms with Gasteiger partial charge >= 0.3 is 0 Å². The topological polar surface area (TPSA) is 95.6 Å². The molecule has 1 fully saturated rings. The molecular weight excluding hydrogens is 433 g/mol. The van der Waals surface area contributed by atoms with Gasteiger partial charge in [-0.2, -0.15) is 0 Å². The van der Waals surface area contributed by atoms with E-state index in [1.165, 1.54) is 11.0 Å². The van der Waals surface area contributed by atoms with Gasteiger partial charge in [-0.15, -0.1) is 4.83 Å². The van der Waals surface area contributed by atoms with Crippen molar-refractivity contribution in [1.29, 1.82) is 0 Å². The maximum atomic E-state index is 14.7. The predicted octanol–water partition coefficient (Wildman–Crippen LogP) is 3.01. The molecule has 1 aliphatic heterocycles. The Morgan fingerprint density at radius 3 is 2.47 bits per heavy atom. The fraction of sp³-hybridized carbons (Fsp3) is 0.391. The highest BCUT2D eigenvalue weighted by Gasteiger charge is 2.33. The van der Waals surface area contributed by atoms with E-state index >= 15 is 0 Å². The minimum absolute atomic E-state index is 0.0547. The summed E-state index contributed by atoms with van der Waals surface area (Å²) in [6.45, 7) is 5.63. The van der Waals surface area contributed by atoms with Gasteiger partial charge in [-0.05, 0) is 48.6 Å². The van der Waals surface area contributed by atoms with Crippen LogP contribution in [-0.2, 0) is 14.8 Å². The molecule has 7 nitrogen and oxygen atoms in total. The molecule has 2 aromatic carbocycles. The Bertz CT molecular complexity index is 1100. The van der Waals surface area contributed by atoms with Crippen LogP contribution >= 0.6 is 0 Å². The first-order valence-electron chi connectivity index (χ1n) is 10.6. The molecule has 1 atom stereocenters. The number of hydrazine groups is 1. The van der Waals surface area contributed by atoms with E-state index in [1.807, 2.05) is 30.3 Å². The number of carbonyl (C=O) groups is 2. The van der Waals surface area contributed by atoms with E-state index in [0.29, 0.717) is 24.9 Å². The first-order chi connectivity index (χ1) is 15.1. The van der Waals surface area contributed by atoms with Gasteiger partial charge in [0.1, 0.15) is 5.82 Å². The van der Waals surface area contributed by atoms with Gasteiger partial charge < -0.3 is 4.90 Å². The molecule has 172 valence electrons. The number of halogens is 1.